The highest BCUT2D eigenvalue weighted by Gasteiger charge is 2.18. The van der Waals surface area contributed by atoms with Gasteiger partial charge >= 0.3 is 0 Å². The number of carbonyl (C=O) groups excluding carboxylic acids is 1. The van der Waals surface area contributed by atoms with Gasteiger partial charge in [0.1, 0.15) is 0 Å². The molecule has 1 N–H and O–H groups in total. The van der Waals surface area contributed by atoms with Gasteiger partial charge in [0.15, 0.2) is 11.5 Å². The molecular weight excluding hydrogens is 369 g/mol. The number of thioether (sulfide) groups is 1. The molecule has 0 radical (unpaired) electrons. The Morgan fingerprint density at radius 3 is 2.67 bits per heavy atom. The highest BCUT2D eigenvalue weighted by atomic mass is 35.5. The van der Waals surface area contributed by atoms with E-state index in [4.69, 9.17) is 32.7 Å². The first-order valence-electron chi connectivity index (χ1n) is 7.31. The van der Waals surface area contributed by atoms with E-state index in [9.17, 15) is 4.79 Å². The third-order valence-corrected chi connectivity index (χ3v) is 5.58. The Hall–Kier alpha value is -1.56. The van der Waals surface area contributed by atoms with E-state index in [-0.39, 0.29) is 18.0 Å². The van der Waals surface area contributed by atoms with E-state index in [2.05, 4.69) is 5.32 Å². The van der Waals surface area contributed by atoms with E-state index in [1.54, 1.807) is 18.2 Å². The van der Waals surface area contributed by atoms with Gasteiger partial charge in [-0.2, -0.15) is 0 Å². The fraction of sp³-hybridized carbons (Fsp3) is 0.235. The monoisotopic (exact) mass is 383 g/mol. The molecule has 1 aliphatic rings. The summed E-state index contributed by atoms with van der Waals surface area (Å²) in [6.07, 6.45) is 0. The van der Waals surface area contributed by atoms with Crippen LogP contribution in [-0.2, 0) is 11.3 Å². The summed E-state index contributed by atoms with van der Waals surface area (Å²) in [5, 5.41) is 3.67. The zero-order valence-electron chi connectivity index (χ0n) is 12.8. The second-order valence-electron chi connectivity index (χ2n) is 5.22. The van der Waals surface area contributed by atoms with Gasteiger partial charge in [0, 0.05) is 11.4 Å². The van der Waals surface area contributed by atoms with Gasteiger partial charge < -0.3 is 14.8 Å². The first kappa shape index (κ1) is 17.3. The van der Waals surface area contributed by atoms with Gasteiger partial charge in [-0.1, -0.05) is 35.3 Å². The number of carbonyl (C=O) groups is 1. The average Bonchev–Trinajstić information content (AvgIpc) is 3.03. The Morgan fingerprint density at radius 1 is 1.21 bits per heavy atom. The van der Waals surface area contributed by atoms with Gasteiger partial charge in [-0.3, -0.25) is 4.79 Å². The van der Waals surface area contributed by atoms with Crippen LogP contribution in [0.4, 0.5) is 0 Å². The van der Waals surface area contributed by atoms with E-state index in [0.717, 1.165) is 11.3 Å². The van der Waals surface area contributed by atoms with Crippen molar-refractivity contribution in [1.82, 2.24) is 5.32 Å². The number of rotatable bonds is 5. The quantitative estimate of drug-likeness (QED) is 0.771. The maximum absolute atomic E-state index is 12.3. The topological polar surface area (TPSA) is 47.6 Å². The van der Waals surface area contributed by atoms with Gasteiger partial charge in [-0.05, 0) is 36.8 Å². The molecule has 0 unspecified atom stereocenters. The van der Waals surface area contributed by atoms with E-state index >= 15 is 0 Å². The van der Waals surface area contributed by atoms with Crippen molar-refractivity contribution in [2.75, 3.05) is 6.79 Å². The zero-order chi connectivity index (χ0) is 17.1. The lowest BCUT2D eigenvalue weighted by Gasteiger charge is -2.14. The highest BCUT2D eigenvalue weighted by Crippen LogP contribution is 2.36. The number of benzene rings is 2. The molecule has 2 aromatic carbocycles. The molecule has 0 spiro atoms. The SMILES string of the molecule is C[C@@H](Sc1c(Cl)cccc1Cl)C(=O)NCc1ccc2c(c1)OCO2. The number of hydrogen-bond donors (Lipinski definition) is 1. The van der Waals surface area contributed by atoms with Crippen LogP contribution in [0.15, 0.2) is 41.3 Å². The Morgan fingerprint density at radius 2 is 1.92 bits per heavy atom. The summed E-state index contributed by atoms with van der Waals surface area (Å²) >= 11 is 13.6. The third-order valence-electron chi connectivity index (χ3n) is 3.49. The van der Waals surface area contributed by atoms with Crippen molar-refractivity contribution in [1.29, 1.82) is 0 Å². The molecule has 1 heterocycles. The fourth-order valence-corrected chi connectivity index (χ4v) is 3.78. The number of hydrogen-bond acceptors (Lipinski definition) is 4. The summed E-state index contributed by atoms with van der Waals surface area (Å²) in [5.74, 6) is 1.34. The minimum Gasteiger partial charge on any atom is -0.454 e. The summed E-state index contributed by atoms with van der Waals surface area (Å²) in [6, 6.07) is 10.9. The molecule has 126 valence electrons. The van der Waals surface area contributed by atoms with E-state index in [1.165, 1.54) is 11.8 Å². The van der Waals surface area contributed by atoms with E-state index in [0.29, 0.717) is 27.2 Å². The van der Waals surface area contributed by atoms with E-state index in [1.807, 2.05) is 25.1 Å². The molecule has 4 nitrogen and oxygen atoms in total. The summed E-state index contributed by atoms with van der Waals surface area (Å²) < 4.78 is 10.6. The predicted octanol–water partition coefficient (Wildman–Crippen LogP) is 4.52. The number of amides is 1. The zero-order valence-corrected chi connectivity index (χ0v) is 15.2. The van der Waals surface area contributed by atoms with Crippen molar-refractivity contribution in [2.24, 2.45) is 0 Å². The number of halogens is 2. The van der Waals surface area contributed by atoms with Crippen LogP contribution in [0.25, 0.3) is 0 Å². The minimum atomic E-state index is -0.323. The molecule has 2 aromatic rings. The largest absolute Gasteiger partial charge is 0.454 e. The average molecular weight is 384 g/mol. The minimum absolute atomic E-state index is 0.0892. The Labute approximate surface area is 154 Å². The smallest absolute Gasteiger partial charge is 0.233 e. The fourth-order valence-electron chi connectivity index (χ4n) is 2.21. The van der Waals surface area contributed by atoms with Gasteiger partial charge in [-0.15, -0.1) is 11.8 Å². The molecule has 0 bridgehead atoms. The van der Waals surface area contributed by atoms with Crippen LogP contribution < -0.4 is 14.8 Å². The van der Waals surface area contributed by atoms with Crippen molar-refractivity contribution in [3.63, 3.8) is 0 Å². The van der Waals surface area contributed by atoms with Crippen molar-refractivity contribution >= 4 is 40.9 Å². The highest BCUT2D eigenvalue weighted by molar-refractivity contribution is 8.00. The Kier molecular flexibility index (Phi) is 5.43. The van der Waals surface area contributed by atoms with Crippen LogP contribution in [0.2, 0.25) is 10.0 Å². The molecule has 0 saturated carbocycles. The second-order valence-corrected chi connectivity index (χ2v) is 7.38. The van der Waals surface area contributed by atoms with Crippen LogP contribution in [0.3, 0.4) is 0 Å². The lowest BCUT2D eigenvalue weighted by Crippen LogP contribution is -2.30. The van der Waals surface area contributed by atoms with E-state index < -0.39 is 0 Å². The molecule has 1 amide bonds. The molecule has 0 aliphatic carbocycles. The van der Waals surface area contributed by atoms with Crippen molar-refractivity contribution in [3.8, 4) is 11.5 Å². The number of ether oxygens (including phenoxy) is 2. The predicted molar refractivity (Wildman–Crippen MR) is 96.2 cm³/mol. The maximum atomic E-state index is 12.3. The lowest BCUT2D eigenvalue weighted by atomic mass is 10.2. The Balaban J connectivity index is 1.58. The number of fused-ring (bicyclic) bond motifs is 1. The molecule has 24 heavy (non-hydrogen) atoms. The summed E-state index contributed by atoms with van der Waals surface area (Å²) in [6.45, 7) is 2.47. The molecule has 0 aromatic heterocycles. The van der Waals surface area contributed by atoms with Crippen LogP contribution >= 0.6 is 35.0 Å². The molecule has 7 heteroatoms. The third kappa shape index (κ3) is 3.91. The van der Waals surface area contributed by atoms with Crippen LogP contribution in [0, 0.1) is 0 Å². The van der Waals surface area contributed by atoms with Crippen molar-refractivity contribution in [2.45, 2.75) is 23.6 Å². The van der Waals surface area contributed by atoms with Gasteiger partial charge in [0.2, 0.25) is 12.7 Å². The van der Waals surface area contributed by atoms with Crippen molar-refractivity contribution in [3.05, 3.63) is 52.0 Å². The second kappa shape index (κ2) is 7.55. The molecular formula is C17H15Cl2NO3S. The van der Waals surface area contributed by atoms with Crippen LogP contribution in [-0.4, -0.2) is 18.0 Å². The Bertz CT molecular complexity index is 749. The standard InChI is InChI=1S/C17H15Cl2NO3S/c1-10(24-16-12(18)3-2-4-13(16)19)17(21)20-8-11-5-6-14-15(7-11)23-9-22-14/h2-7,10H,8-9H2,1H3,(H,20,21)/t10-/m1/s1. The van der Waals surface area contributed by atoms with Crippen molar-refractivity contribution < 1.29 is 14.3 Å². The molecule has 3 rings (SSSR count). The molecule has 0 saturated heterocycles. The van der Waals surface area contributed by atoms with Gasteiger partial charge in [0.25, 0.3) is 0 Å². The normalized spacial score (nSPS) is 13.6. The maximum Gasteiger partial charge on any atom is 0.233 e. The molecule has 1 atom stereocenters. The first-order chi connectivity index (χ1) is 11.5. The van der Waals surface area contributed by atoms with Crippen LogP contribution in [0.1, 0.15) is 12.5 Å². The van der Waals surface area contributed by atoms with Gasteiger partial charge in [0.05, 0.1) is 15.3 Å². The van der Waals surface area contributed by atoms with Gasteiger partial charge in [-0.25, -0.2) is 0 Å². The lowest BCUT2D eigenvalue weighted by molar-refractivity contribution is -0.120. The summed E-state index contributed by atoms with van der Waals surface area (Å²) in [4.78, 5) is 13.0. The molecule has 1 aliphatic heterocycles. The number of nitrogens with one attached hydrogen (secondary N) is 1. The summed E-state index contributed by atoms with van der Waals surface area (Å²) in [5.41, 5.74) is 0.945. The summed E-state index contributed by atoms with van der Waals surface area (Å²) in [7, 11) is 0. The first-order valence-corrected chi connectivity index (χ1v) is 8.95. The molecule has 0 fully saturated rings. The van der Waals surface area contributed by atoms with Crippen LogP contribution in [0.5, 0.6) is 11.5 Å².